The van der Waals surface area contributed by atoms with Crippen molar-refractivity contribution in [2.75, 3.05) is 20.2 Å². The summed E-state index contributed by atoms with van der Waals surface area (Å²) in [5.41, 5.74) is -0.0423. The van der Waals surface area contributed by atoms with E-state index in [0.717, 1.165) is 0 Å². The Morgan fingerprint density at radius 1 is 1.20 bits per heavy atom. The Morgan fingerprint density at radius 2 is 1.95 bits per heavy atom. The highest BCUT2D eigenvalue weighted by Crippen LogP contribution is 2.32. The fraction of sp³-hybridized carbons (Fsp3) is 0.600. The Balaban J connectivity index is 1.70. The first kappa shape index (κ1) is 30.2. The summed E-state index contributed by atoms with van der Waals surface area (Å²) in [6, 6.07) is 2.75. The third-order valence-corrected chi connectivity index (χ3v) is 7.85. The van der Waals surface area contributed by atoms with E-state index in [1.165, 1.54) is 4.90 Å². The van der Waals surface area contributed by atoms with E-state index >= 15 is 0 Å². The number of amides is 4. The first-order chi connectivity index (χ1) is 19.4. The highest BCUT2D eigenvalue weighted by Gasteiger charge is 2.49. The molecule has 2 fully saturated rings. The van der Waals surface area contributed by atoms with Crippen LogP contribution >= 0.6 is 0 Å². The molecule has 0 saturated carbocycles. The number of hydrogen-bond acceptors (Lipinski definition) is 7. The van der Waals surface area contributed by atoms with Crippen LogP contribution in [0.5, 0.6) is 11.5 Å². The van der Waals surface area contributed by atoms with Gasteiger partial charge in [-0.25, -0.2) is 4.79 Å². The van der Waals surface area contributed by atoms with Crippen LogP contribution in [0.3, 0.4) is 0 Å². The van der Waals surface area contributed by atoms with Crippen LogP contribution in [0.2, 0.25) is 0 Å². The quantitative estimate of drug-likeness (QED) is 0.557. The van der Waals surface area contributed by atoms with Crippen LogP contribution in [0, 0.1) is 5.92 Å². The van der Waals surface area contributed by atoms with Gasteiger partial charge in [-0.1, -0.05) is 20.3 Å². The molecule has 0 aliphatic carbocycles. The summed E-state index contributed by atoms with van der Waals surface area (Å²) in [7, 11) is 1.56. The predicted molar refractivity (Wildman–Crippen MR) is 152 cm³/mol. The molecule has 4 amide bonds. The van der Waals surface area contributed by atoms with Gasteiger partial charge in [-0.3, -0.25) is 14.4 Å². The molecular weight excluding hydrogens is 528 g/mol. The highest BCUT2D eigenvalue weighted by atomic mass is 16.6. The molecule has 2 saturated heterocycles. The fourth-order valence-electron chi connectivity index (χ4n) is 5.60. The third-order valence-electron chi connectivity index (χ3n) is 7.85. The molecule has 1 aromatic carbocycles. The molecule has 1 aromatic rings. The monoisotopic (exact) mass is 570 g/mol. The zero-order valence-corrected chi connectivity index (χ0v) is 24.8. The minimum atomic E-state index is -0.970. The van der Waals surface area contributed by atoms with Crippen LogP contribution in [0.25, 0.3) is 6.08 Å². The summed E-state index contributed by atoms with van der Waals surface area (Å²) in [5.74, 6) is -0.122. The summed E-state index contributed by atoms with van der Waals surface area (Å²) in [6.07, 6.45) is 4.13. The van der Waals surface area contributed by atoms with E-state index in [2.05, 4.69) is 10.6 Å². The number of nitrogens with zero attached hydrogens (tertiary/aromatic N) is 2. The lowest BCUT2D eigenvalue weighted by Gasteiger charge is -2.35. The molecule has 11 heteroatoms. The van der Waals surface area contributed by atoms with Crippen LogP contribution in [-0.4, -0.2) is 83.6 Å². The van der Waals surface area contributed by atoms with E-state index in [1.807, 2.05) is 13.8 Å². The summed E-state index contributed by atoms with van der Waals surface area (Å²) in [4.78, 5) is 57.2. The Labute approximate surface area is 241 Å². The molecule has 224 valence electrons. The van der Waals surface area contributed by atoms with Gasteiger partial charge in [0.05, 0.1) is 7.11 Å². The maximum Gasteiger partial charge on any atom is 0.408 e. The summed E-state index contributed by atoms with van der Waals surface area (Å²) in [6.45, 7) is 9.74. The number of methoxy groups -OCH3 is 1. The largest absolute Gasteiger partial charge is 0.496 e. The average molecular weight is 571 g/mol. The molecule has 2 bridgehead atoms. The Kier molecular flexibility index (Phi) is 9.14. The van der Waals surface area contributed by atoms with Crippen molar-refractivity contribution in [3.8, 4) is 11.5 Å². The smallest absolute Gasteiger partial charge is 0.408 e. The van der Waals surface area contributed by atoms with Crippen molar-refractivity contribution in [2.45, 2.75) is 90.1 Å². The summed E-state index contributed by atoms with van der Waals surface area (Å²) < 4.78 is 17.3. The molecule has 0 radical (unpaired) electrons. The molecule has 3 aliphatic rings. The molecule has 4 rings (SSSR count). The number of hydrogen-bond donors (Lipinski definition) is 2. The number of fused-ring (bicyclic) bond motifs is 4. The van der Waals surface area contributed by atoms with Gasteiger partial charge < -0.3 is 34.6 Å². The molecule has 5 atom stereocenters. The number of benzene rings is 1. The van der Waals surface area contributed by atoms with Crippen LogP contribution in [-0.2, 0) is 19.1 Å². The molecule has 0 spiro atoms. The summed E-state index contributed by atoms with van der Waals surface area (Å²) >= 11 is 0. The number of nitrogens with one attached hydrogen (secondary N) is 2. The van der Waals surface area contributed by atoms with Crippen molar-refractivity contribution in [2.24, 2.45) is 5.92 Å². The maximum atomic E-state index is 14.2. The maximum absolute atomic E-state index is 14.2. The van der Waals surface area contributed by atoms with Gasteiger partial charge >= 0.3 is 6.09 Å². The van der Waals surface area contributed by atoms with Crippen LogP contribution in [0.4, 0.5) is 4.79 Å². The molecule has 2 N–H and O–H groups in total. The second kappa shape index (κ2) is 12.4. The molecular formula is C30H42N4O7. The Morgan fingerprint density at radius 3 is 2.63 bits per heavy atom. The van der Waals surface area contributed by atoms with Gasteiger partial charge in [-0.2, -0.15) is 0 Å². The van der Waals surface area contributed by atoms with E-state index in [1.54, 1.807) is 63.3 Å². The van der Waals surface area contributed by atoms with Crippen molar-refractivity contribution in [1.29, 1.82) is 0 Å². The molecule has 41 heavy (non-hydrogen) atoms. The molecule has 3 aliphatic heterocycles. The van der Waals surface area contributed by atoms with E-state index < -0.39 is 35.9 Å². The van der Waals surface area contributed by atoms with Crippen molar-refractivity contribution in [3.05, 3.63) is 30.0 Å². The van der Waals surface area contributed by atoms with Crippen molar-refractivity contribution in [1.82, 2.24) is 20.4 Å². The van der Waals surface area contributed by atoms with E-state index in [9.17, 15) is 19.2 Å². The van der Waals surface area contributed by atoms with Crippen LogP contribution in [0.15, 0.2) is 24.4 Å². The standard InChI is InChI=1S/C30H42N4O7/c1-7-18(2)24(32-29(38)41-30(3,4)5)27(36)34-16-13-23-25(34)28(37)33-15-8-9-21(33)26(35)31-14-12-19-17-20(40-23)10-11-22(19)39-6/h10-12,14,17-18,21,23-25H,7-9,13,15-16H2,1-6H3,(H,31,35)(H,32,38)/b14-12-/t18-,21-,23-,24-,25-/m0/s1. The fourth-order valence-corrected chi connectivity index (χ4v) is 5.60. The number of carbonyl (C=O) groups excluding carboxylic acids is 4. The molecule has 3 heterocycles. The molecule has 11 nitrogen and oxygen atoms in total. The van der Waals surface area contributed by atoms with Crippen LogP contribution < -0.4 is 20.1 Å². The lowest BCUT2D eigenvalue weighted by molar-refractivity contribution is -0.149. The number of carbonyl (C=O) groups is 4. The second-order valence-corrected chi connectivity index (χ2v) is 11.9. The second-order valence-electron chi connectivity index (χ2n) is 11.9. The van der Waals surface area contributed by atoms with Gasteiger partial charge in [-0.05, 0) is 63.8 Å². The first-order valence-electron chi connectivity index (χ1n) is 14.4. The third kappa shape index (κ3) is 6.77. The average Bonchev–Trinajstić information content (AvgIpc) is 3.57. The van der Waals surface area contributed by atoms with Crippen molar-refractivity contribution < 1.29 is 33.4 Å². The zero-order chi connectivity index (χ0) is 29.9. The van der Waals surface area contributed by atoms with Crippen molar-refractivity contribution in [3.63, 3.8) is 0 Å². The number of alkyl carbamates (subject to hydrolysis) is 1. The van der Waals surface area contributed by atoms with Crippen LogP contribution in [0.1, 0.15) is 65.9 Å². The first-order valence-corrected chi connectivity index (χ1v) is 14.4. The van der Waals surface area contributed by atoms with Gasteiger partial charge in [0.1, 0.15) is 41.3 Å². The SMILES string of the molecule is CC[C@H](C)[C@H](NC(=O)OC(C)(C)C)C(=O)N1CC[C@@H]2Oc3ccc(OC)c(c3)/C=C\NC(=O)[C@@H]3CCCN3C(=O)[C@H]21. The lowest BCUT2D eigenvalue weighted by atomic mass is 9.97. The Bertz CT molecular complexity index is 1190. The normalized spacial score (nSPS) is 24.8. The van der Waals surface area contributed by atoms with Gasteiger partial charge in [0.25, 0.3) is 0 Å². The number of rotatable bonds is 5. The van der Waals surface area contributed by atoms with E-state index in [-0.39, 0.29) is 30.2 Å². The zero-order valence-electron chi connectivity index (χ0n) is 24.8. The van der Waals surface area contributed by atoms with Crippen molar-refractivity contribution >= 4 is 29.9 Å². The lowest BCUT2D eigenvalue weighted by Crippen LogP contribution is -2.60. The van der Waals surface area contributed by atoms with E-state index in [0.29, 0.717) is 49.3 Å². The highest BCUT2D eigenvalue weighted by molar-refractivity contribution is 5.95. The van der Waals surface area contributed by atoms with Gasteiger partial charge in [0.2, 0.25) is 17.7 Å². The Hall–Kier alpha value is -3.76. The predicted octanol–water partition coefficient (Wildman–Crippen LogP) is 3.07. The number of ether oxygens (including phenoxy) is 3. The van der Waals surface area contributed by atoms with Gasteiger partial charge in [0, 0.05) is 31.3 Å². The molecule has 0 aromatic heterocycles. The summed E-state index contributed by atoms with van der Waals surface area (Å²) in [5, 5.41) is 5.55. The molecule has 0 unspecified atom stereocenters. The van der Waals surface area contributed by atoms with Gasteiger partial charge in [0.15, 0.2) is 0 Å². The minimum absolute atomic E-state index is 0.222. The topological polar surface area (TPSA) is 127 Å². The minimum Gasteiger partial charge on any atom is -0.496 e. The van der Waals surface area contributed by atoms with Gasteiger partial charge in [-0.15, -0.1) is 0 Å². The van der Waals surface area contributed by atoms with E-state index in [4.69, 9.17) is 14.2 Å². The number of likely N-dealkylation sites (tertiary alicyclic amines) is 1.